The van der Waals surface area contributed by atoms with E-state index in [1.165, 1.54) is 44.5 Å². The van der Waals surface area contributed by atoms with Gasteiger partial charge in [-0.15, -0.1) is 0 Å². The molecule has 1 aromatic rings. The van der Waals surface area contributed by atoms with Crippen molar-refractivity contribution in [2.24, 2.45) is 5.41 Å². The maximum atomic E-state index is 3.58. The summed E-state index contributed by atoms with van der Waals surface area (Å²) < 4.78 is 0. The fourth-order valence-electron chi connectivity index (χ4n) is 3.20. The third kappa shape index (κ3) is 4.32. The summed E-state index contributed by atoms with van der Waals surface area (Å²) in [4.78, 5) is 2.52. The van der Waals surface area contributed by atoms with E-state index in [9.17, 15) is 0 Å². The van der Waals surface area contributed by atoms with Gasteiger partial charge in [-0.3, -0.25) is 0 Å². The number of likely N-dealkylation sites (N-methyl/N-ethyl adjacent to an activating group) is 1. The summed E-state index contributed by atoms with van der Waals surface area (Å²) in [5.41, 5.74) is 1.95. The van der Waals surface area contributed by atoms with Gasteiger partial charge < -0.3 is 10.2 Å². The molecular weight excluding hydrogens is 232 g/mol. The van der Waals surface area contributed by atoms with Crippen molar-refractivity contribution in [3.63, 3.8) is 0 Å². The topological polar surface area (TPSA) is 15.3 Å². The van der Waals surface area contributed by atoms with E-state index in [2.05, 4.69) is 54.5 Å². The third-order valence-electron chi connectivity index (χ3n) is 4.54. The van der Waals surface area contributed by atoms with Crippen molar-refractivity contribution < 1.29 is 0 Å². The average molecular weight is 260 g/mol. The molecule has 1 unspecified atom stereocenters. The third-order valence-corrected chi connectivity index (χ3v) is 4.54. The van der Waals surface area contributed by atoms with E-state index in [-0.39, 0.29) is 0 Å². The number of rotatable bonds is 6. The van der Waals surface area contributed by atoms with Gasteiger partial charge in [0, 0.05) is 19.6 Å². The lowest BCUT2D eigenvalue weighted by Crippen LogP contribution is -2.46. The number of hydrogen-bond acceptors (Lipinski definition) is 2. The molecule has 1 N–H and O–H groups in total. The van der Waals surface area contributed by atoms with Crippen molar-refractivity contribution in [2.75, 3.05) is 33.2 Å². The molecule has 1 aromatic carbocycles. The minimum absolute atomic E-state index is 0.504. The van der Waals surface area contributed by atoms with E-state index >= 15 is 0 Å². The van der Waals surface area contributed by atoms with Crippen LogP contribution in [0.25, 0.3) is 0 Å². The Balaban J connectivity index is 1.81. The minimum atomic E-state index is 0.504. The monoisotopic (exact) mass is 260 g/mol. The zero-order valence-electron chi connectivity index (χ0n) is 12.5. The Kier molecular flexibility index (Phi) is 5.41. The lowest BCUT2D eigenvalue weighted by molar-refractivity contribution is 0.129. The summed E-state index contributed by atoms with van der Waals surface area (Å²) in [5.74, 6) is 0. The summed E-state index contributed by atoms with van der Waals surface area (Å²) in [7, 11) is 2.27. The summed E-state index contributed by atoms with van der Waals surface area (Å²) in [6.45, 7) is 7.13. The zero-order valence-corrected chi connectivity index (χ0v) is 12.5. The van der Waals surface area contributed by atoms with Crippen molar-refractivity contribution in [3.05, 3.63) is 35.9 Å². The molecule has 1 aliphatic heterocycles. The summed E-state index contributed by atoms with van der Waals surface area (Å²) >= 11 is 0. The first-order chi connectivity index (χ1) is 9.24. The number of piperidine rings is 1. The molecule has 2 nitrogen and oxygen atoms in total. The largest absolute Gasteiger partial charge is 0.316 e. The quantitative estimate of drug-likeness (QED) is 0.846. The van der Waals surface area contributed by atoms with Gasteiger partial charge >= 0.3 is 0 Å². The van der Waals surface area contributed by atoms with Crippen molar-refractivity contribution in [3.8, 4) is 0 Å². The van der Waals surface area contributed by atoms with Crippen LogP contribution < -0.4 is 5.32 Å². The smallest absolute Gasteiger partial charge is 0.00471 e. The molecule has 1 heterocycles. The van der Waals surface area contributed by atoms with Crippen molar-refractivity contribution in [2.45, 2.75) is 32.6 Å². The highest BCUT2D eigenvalue weighted by Gasteiger charge is 2.31. The Morgan fingerprint density at radius 2 is 2.05 bits per heavy atom. The highest BCUT2D eigenvalue weighted by Crippen LogP contribution is 2.30. The summed E-state index contributed by atoms with van der Waals surface area (Å²) in [6, 6.07) is 10.8. The van der Waals surface area contributed by atoms with E-state index in [0.29, 0.717) is 5.41 Å². The summed E-state index contributed by atoms with van der Waals surface area (Å²) in [5, 5.41) is 3.58. The van der Waals surface area contributed by atoms with Gasteiger partial charge in [-0.1, -0.05) is 37.3 Å². The number of nitrogens with one attached hydrogen (secondary N) is 1. The first kappa shape index (κ1) is 14.5. The van der Waals surface area contributed by atoms with Crippen LogP contribution in [0, 0.1) is 5.41 Å². The van der Waals surface area contributed by atoms with Crippen molar-refractivity contribution in [1.82, 2.24) is 10.2 Å². The van der Waals surface area contributed by atoms with E-state index in [4.69, 9.17) is 0 Å². The van der Waals surface area contributed by atoms with Crippen LogP contribution in [0.1, 0.15) is 31.7 Å². The molecule has 1 saturated heterocycles. The average Bonchev–Trinajstić information content (AvgIpc) is 2.47. The Bertz CT molecular complexity index is 355. The highest BCUT2D eigenvalue weighted by atomic mass is 15.1. The Labute approximate surface area is 118 Å². The van der Waals surface area contributed by atoms with Crippen LogP contribution in [0.2, 0.25) is 0 Å². The lowest BCUT2D eigenvalue weighted by atomic mass is 9.78. The van der Waals surface area contributed by atoms with Crippen LogP contribution in [0.3, 0.4) is 0 Å². The molecular formula is C17H28N2. The Hall–Kier alpha value is -0.860. The van der Waals surface area contributed by atoms with Crippen LogP contribution >= 0.6 is 0 Å². The van der Waals surface area contributed by atoms with E-state index in [1.54, 1.807) is 0 Å². The lowest BCUT2D eigenvalue weighted by Gasteiger charge is -2.40. The minimum Gasteiger partial charge on any atom is -0.316 e. The van der Waals surface area contributed by atoms with Crippen LogP contribution in [0.15, 0.2) is 30.3 Å². The molecule has 0 radical (unpaired) electrons. The molecule has 1 aliphatic rings. The molecule has 0 bridgehead atoms. The highest BCUT2D eigenvalue weighted by molar-refractivity contribution is 5.14. The molecule has 106 valence electrons. The van der Waals surface area contributed by atoms with E-state index < -0.39 is 0 Å². The molecule has 0 aliphatic carbocycles. The van der Waals surface area contributed by atoms with Gasteiger partial charge in [-0.05, 0) is 50.3 Å². The van der Waals surface area contributed by atoms with Crippen LogP contribution in [0.5, 0.6) is 0 Å². The standard InChI is InChI=1S/C17H28N2/c1-3-17(11-7-12-18-14-17)15-19(2)13-10-16-8-5-4-6-9-16/h4-6,8-9,18H,3,7,10-15H2,1-2H3. The normalized spacial score (nSPS) is 23.7. The first-order valence-corrected chi connectivity index (χ1v) is 7.67. The molecule has 0 saturated carbocycles. The first-order valence-electron chi connectivity index (χ1n) is 7.67. The van der Waals surface area contributed by atoms with Crippen molar-refractivity contribution >= 4 is 0 Å². The molecule has 0 aromatic heterocycles. The predicted octanol–water partition coefficient (Wildman–Crippen LogP) is 2.94. The van der Waals surface area contributed by atoms with Crippen LogP contribution in [-0.4, -0.2) is 38.1 Å². The second kappa shape index (κ2) is 7.06. The molecule has 0 amide bonds. The maximum absolute atomic E-state index is 3.58. The second-order valence-electron chi connectivity index (χ2n) is 6.11. The predicted molar refractivity (Wildman–Crippen MR) is 82.5 cm³/mol. The van der Waals surface area contributed by atoms with Crippen LogP contribution in [-0.2, 0) is 6.42 Å². The maximum Gasteiger partial charge on any atom is 0.00471 e. The summed E-state index contributed by atoms with van der Waals surface area (Å²) in [6.07, 6.45) is 5.16. The molecule has 1 atom stereocenters. The van der Waals surface area contributed by atoms with Crippen LogP contribution in [0.4, 0.5) is 0 Å². The van der Waals surface area contributed by atoms with Gasteiger partial charge in [0.2, 0.25) is 0 Å². The Morgan fingerprint density at radius 3 is 2.68 bits per heavy atom. The van der Waals surface area contributed by atoms with Gasteiger partial charge in [0.25, 0.3) is 0 Å². The molecule has 0 spiro atoms. The number of benzene rings is 1. The van der Waals surface area contributed by atoms with E-state index in [0.717, 1.165) is 13.0 Å². The fraction of sp³-hybridized carbons (Fsp3) is 0.647. The Morgan fingerprint density at radius 1 is 1.26 bits per heavy atom. The number of hydrogen-bond donors (Lipinski definition) is 1. The van der Waals surface area contributed by atoms with Gasteiger partial charge in [0.05, 0.1) is 0 Å². The van der Waals surface area contributed by atoms with Gasteiger partial charge in [-0.2, -0.15) is 0 Å². The molecule has 1 fully saturated rings. The van der Waals surface area contributed by atoms with Gasteiger partial charge in [0.1, 0.15) is 0 Å². The van der Waals surface area contributed by atoms with Gasteiger partial charge in [0.15, 0.2) is 0 Å². The zero-order chi connectivity index (χ0) is 13.6. The van der Waals surface area contributed by atoms with E-state index in [1.807, 2.05) is 0 Å². The van der Waals surface area contributed by atoms with Gasteiger partial charge in [-0.25, -0.2) is 0 Å². The fourth-order valence-corrected chi connectivity index (χ4v) is 3.20. The van der Waals surface area contributed by atoms with Crippen molar-refractivity contribution in [1.29, 1.82) is 0 Å². The molecule has 2 heteroatoms. The SMILES string of the molecule is CCC1(CN(C)CCc2ccccc2)CCCNC1. The second-order valence-corrected chi connectivity index (χ2v) is 6.11. The molecule has 19 heavy (non-hydrogen) atoms. The molecule has 2 rings (SSSR count). The number of nitrogens with zero attached hydrogens (tertiary/aromatic N) is 1.